The van der Waals surface area contributed by atoms with Crippen LogP contribution in [0.4, 0.5) is 0 Å². The van der Waals surface area contributed by atoms with Crippen LogP contribution >= 0.6 is 0 Å². The Labute approximate surface area is 133 Å². The highest BCUT2D eigenvalue weighted by Crippen LogP contribution is 2.68. The normalized spacial score (nSPS) is 46.1. The molecular formula is C20H26O2. The van der Waals surface area contributed by atoms with E-state index in [0.717, 1.165) is 37.7 Å². The van der Waals surface area contributed by atoms with Gasteiger partial charge in [-0.05, 0) is 48.0 Å². The molecule has 0 radical (unpaired) electrons. The smallest absolute Gasteiger partial charge is 0.169 e. The third-order valence-corrected chi connectivity index (χ3v) is 7.29. The number of carbonyl (C=O) groups is 2. The van der Waals surface area contributed by atoms with Gasteiger partial charge in [0.25, 0.3) is 0 Å². The Morgan fingerprint density at radius 1 is 1.18 bits per heavy atom. The molecule has 0 heterocycles. The molecule has 2 bridgehead atoms. The third kappa shape index (κ3) is 1.47. The molecule has 0 N–H and O–H groups in total. The van der Waals surface area contributed by atoms with Crippen molar-refractivity contribution in [2.45, 2.75) is 59.3 Å². The Bertz CT molecular complexity index is 638. The van der Waals surface area contributed by atoms with Gasteiger partial charge in [0.15, 0.2) is 5.78 Å². The van der Waals surface area contributed by atoms with Gasteiger partial charge in [-0.3, -0.25) is 9.59 Å². The van der Waals surface area contributed by atoms with E-state index in [0.29, 0.717) is 12.2 Å². The third-order valence-electron chi connectivity index (χ3n) is 7.29. The summed E-state index contributed by atoms with van der Waals surface area (Å²) in [6, 6.07) is 0. The number of allylic oxidation sites excluding steroid dienone is 3. The van der Waals surface area contributed by atoms with Gasteiger partial charge in [0.05, 0.1) is 5.41 Å². The highest BCUT2D eigenvalue weighted by Gasteiger charge is 2.66. The van der Waals surface area contributed by atoms with Crippen molar-refractivity contribution >= 4 is 11.6 Å². The molecule has 3 fully saturated rings. The van der Waals surface area contributed by atoms with Crippen LogP contribution in [-0.4, -0.2) is 11.6 Å². The van der Waals surface area contributed by atoms with Gasteiger partial charge in [-0.15, -0.1) is 0 Å². The van der Waals surface area contributed by atoms with Crippen molar-refractivity contribution in [3.8, 4) is 0 Å². The molecule has 4 aliphatic carbocycles. The van der Waals surface area contributed by atoms with E-state index in [4.69, 9.17) is 0 Å². The Morgan fingerprint density at radius 2 is 1.91 bits per heavy atom. The van der Waals surface area contributed by atoms with Gasteiger partial charge in [0.2, 0.25) is 0 Å². The zero-order chi connectivity index (χ0) is 15.9. The van der Waals surface area contributed by atoms with Gasteiger partial charge in [-0.2, -0.15) is 0 Å². The lowest BCUT2D eigenvalue weighted by Gasteiger charge is -2.58. The van der Waals surface area contributed by atoms with E-state index in [2.05, 4.69) is 33.4 Å². The quantitative estimate of drug-likeness (QED) is 0.495. The van der Waals surface area contributed by atoms with Crippen molar-refractivity contribution in [2.24, 2.45) is 28.1 Å². The topological polar surface area (TPSA) is 34.1 Å². The van der Waals surface area contributed by atoms with Gasteiger partial charge in [-0.1, -0.05) is 45.4 Å². The van der Waals surface area contributed by atoms with Crippen LogP contribution < -0.4 is 0 Å². The molecular weight excluding hydrogens is 272 g/mol. The molecule has 0 amide bonds. The molecule has 0 aromatic rings. The number of rotatable bonds is 0. The second-order valence-corrected chi connectivity index (χ2v) is 9.03. The van der Waals surface area contributed by atoms with E-state index in [9.17, 15) is 9.59 Å². The number of carbonyl (C=O) groups excluding carboxylic acids is 2. The van der Waals surface area contributed by atoms with Crippen LogP contribution in [-0.2, 0) is 9.59 Å². The number of hydrogen-bond acceptors (Lipinski definition) is 2. The van der Waals surface area contributed by atoms with Crippen molar-refractivity contribution in [3.05, 3.63) is 23.8 Å². The maximum atomic E-state index is 13.1. The number of hydrogen-bond donors (Lipinski definition) is 0. The second-order valence-electron chi connectivity index (χ2n) is 9.03. The summed E-state index contributed by atoms with van der Waals surface area (Å²) in [5.74, 6) is 0.857. The number of ketones is 2. The van der Waals surface area contributed by atoms with E-state index in [1.54, 1.807) is 0 Å². The minimum atomic E-state index is -0.518. The van der Waals surface area contributed by atoms with Crippen LogP contribution in [0.2, 0.25) is 0 Å². The standard InChI is InChI=1S/C20H26O2/c1-12-13-6-7-15-19(4)9-5-8-18(2,3)16(19)14(21)11-20(15,10-13)17(12)22/h7,13,16H,1,5-6,8-11H2,2-4H3/t13-,16-,19+,20+/m1/s1. The highest BCUT2D eigenvalue weighted by atomic mass is 16.1. The van der Waals surface area contributed by atoms with Crippen LogP contribution in [0, 0.1) is 28.1 Å². The summed E-state index contributed by atoms with van der Waals surface area (Å²) >= 11 is 0. The molecule has 0 aromatic heterocycles. The second kappa shape index (κ2) is 4.01. The van der Waals surface area contributed by atoms with Crippen LogP contribution in [0.25, 0.3) is 0 Å². The molecule has 2 heteroatoms. The fraction of sp³-hybridized carbons (Fsp3) is 0.700. The van der Waals surface area contributed by atoms with Crippen LogP contribution in [0.15, 0.2) is 23.8 Å². The Hall–Kier alpha value is -1.18. The predicted molar refractivity (Wildman–Crippen MR) is 86.2 cm³/mol. The van der Waals surface area contributed by atoms with Gasteiger partial charge in [0.1, 0.15) is 5.78 Å². The summed E-state index contributed by atoms with van der Waals surface area (Å²) < 4.78 is 0. The highest BCUT2D eigenvalue weighted by molar-refractivity contribution is 6.08. The number of Topliss-reactive ketones (excluding diaryl/α,β-unsaturated/α-hetero) is 2. The first-order valence-corrected chi connectivity index (χ1v) is 8.70. The lowest BCUT2D eigenvalue weighted by molar-refractivity contribution is -0.146. The minimum absolute atomic E-state index is 0.0437. The monoisotopic (exact) mass is 298 g/mol. The van der Waals surface area contributed by atoms with Crippen LogP contribution in [0.3, 0.4) is 0 Å². The molecule has 22 heavy (non-hydrogen) atoms. The minimum Gasteiger partial charge on any atom is -0.299 e. The van der Waals surface area contributed by atoms with E-state index >= 15 is 0 Å². The summed E-state index contributed by atoms with van der Waals surface area (Å²) in [5.41, 5.74) is 1.48. The molecule has 4 atom stereocenters. The van der Waals surface area contributed by atoms with Gasteiger partial charge in [0, 0.05) is 12.3 Å². The van der Waals surface area contributed by atoms with Crippen molar-refractivity contribution in [1.29, 1.82) is 0 Å². The Kier molecular flexibility index (Phi) is 2.63. The molecule has 0 unspecified atom stereocenters. The average molecular weight is 298 g/mol. The van der Waals surface area contributed by atoms with Crippen molar-refractivity contribution in [1.82, 2.24) is 0 Å². The zero-order valence-corrected chi connectivity index (χ0v) is 14.0. The van der Waals surface area contributed by atoms with E-state index in [-0.39, 0.29) is 28.4 Å². The van der Waals surface area contributed by atoms with Crippen molar-refractivity contribution in [3.63, 3.8) is 0 Å². The summed E-state index contributed by atoms with van der Waals surface area (Å²) in [5, 5.41) is 0. The van der Waals surface area contributed by atoms with Gasteiger partial charge >= 0.3 is 0 Å². The molecule has 118 valence electrons. The van der Waals surface area contributed by atoms with Crippen molar-refractivity contribution in [2.75, 3.05) is 0 Å². The van der Waals surface area contributed by atoms with E-state index in [1.165, 1.54) is 5.57 Å². The molecule has 3 saturated carbocycles. The lowest BCUT2D eigenvalue weighted by Crippen LogP contribution is -2.57. The zero-order valence-electron chi connectivity index (χ0n) is 14.0. The molecule has 1 spiro atoms. The van der Waals surface area contributed by atoms with Gasteiger partial charge < -0.3 is 0 Å². The molecule has 4 aliphatic rings. The number of fused-ring (bicyclic) bond motifs is 3. The molecule has 2 nitrogen and oxygen atoms in total. The lowest BCUT2D eigenvalue weighted by atomic mass is 9.44. The first-order chi connectivity index (χ1) is 10.2. The van der Waals surface area contributed by atoms with E-state index < -0.39 is 5.41 Å². The fourth-order valence-corrected chi connectivity index (χ4v) is 6.61. The summed E-state index contributed by atoms with van der Waals surface area (Å²) in [7, 11) is 0. The summed E-state index contributed by atoms with van der Waals surface area (Å²) in [6.45, 7) is 10.8. The van der Waals surface area contributed by atoms with Gasteiger partial charge in [-0.25, -0.2) is 0 Å². The maximum absolute atomic E-state index is 13.1. The summed E-state index contributed by atoms with van der Waals surface area (Å²) in [4.78, 5) is 26.1. The Morgan fingerprint density at radius 3 is 2.64 bits per heavy atom. The van der Waals surface area contributed by atoms with Crippen molar-refractivity contribution < 1.29 is 9.59 Å². The predicted octanol–water partition coefficient (Wildman–Crippen LogP) is 4.25. The Balaban J connectivity index is 1.91. The first kappa shape index (κ1) is 14.4. The summed E-state index contributed by atoms with van der Waals surface area (Å²) in [6.07, 6.45) is 7.85. The molecule has 0 aromatic carbocycles. The molecule has 4 rings (SSSR count). The molecule has 0 saturated heterocycles. The fourth-order valence-electron chi connectivity index (χ4n) is 6.61. The maximum Gasteiger partial charge on any atom is 0.169 e. The van der Waals surface area contributed by atoms with Crippen LogP contribution in [0.1, 0.15) is 59.3 Å². The SMILES string of the molecule is C=C1C(=O)[C@@]23CC(=O)[C@@H]4C(C)(C)CCC[C@@]4(C)C2=CC[C@@H]1C3. The first-order valence-electron chi connectivity index (χ1n) is 8.70. The molecule has 0 aliphatic heterocycles. The largest absolute Gasteiger partial charge is 0.299 e. The average Bonchev–Trinajstić information content (AvgIpc) is 2.58. The van der Waals surface area contributed by atoms with Crippen LogP contribution in [0.5, 0.6) is 0 Å². The van der Waals surface area contributed by atoms with E-state index in [1.807, 2.05) is 0 Å².